The summed E-state index contributed by atoms with van der Waals surface area (Å²) < 4.78 is 0. The molecular weight excluding hydrogens is 406 g/mol. The molecule has 1 aromatic carbocycles. The van der Waals surface area contributed by atoms with Crippen molar-refractivity contribution >= 4 is 28.8 Å². The maximum atomic E-state index is 13.6. The molecule has 1 saturated carbocycles. The molecule has 160 valence electrons. The summed E-state index contributed by atoms with van der Waals surface area (Å²) in [4.78, 5) is 33.9. The van der Waals surface area contributed by atoms with Gasteiger partial charge in [0, 0.05) is 29.0 Å². The number of nitrogens with one attached hydrogen (secondary N) is 1. The lowest BCUT2D eigenvalue weighted by molar-refractivity contribution is -0.127. The van der Waals surface area contributed by atoms with Crippen LogP contribution in [0.1, 0.15) is 47.7 Å². The van der Waals surface area contributed by atoms with E-state index in [2.05, 4.69) is 10.3 Å². The van der Waals surface area contributed by atoms with Crippen LogP contribution >= 0.6 is 11.3 Å². The summed E-state index contributed by atoms with van der Waals surface area (Å²) in [7, 11) is 0. The average Bonchev–Trinajstić information content (AvgIpc) is 3.47. The van der Waals surface area contributed by atoms with Gasteiger partial charge in [-0.2, -0.15) is 0 Å². The number of anilines is 1. The van der Waals surface area contributed by atoms with E-state index in [1.807, 2.05) is 60.8 Å². The van der Waals surface area contributed by atoms with Crippen LogP contribution in [0.5, 0.6) is 0 Å². The molecule has 0 radical (unpaired) electrons. The third-order valence-electron chi connectivity index (χ3n) is 5.72. The number of hydrogen-bond acceptors (Lipinski definition) is 4. The van der Waals surface area contributed by atoms with Crippen molar-refractivity contribution in [2.24, 2.45) is 0 Å². The molecular formula is C25H27N3O2S. The second kappa shape index (κ2) is 9.88. The molecule has 2 heterocycles. The van der Waals surface area contributed by atoms with E-state index in [0.717, 1.165) is 47.4 Å². The fraction of sp³-hybridized carbons (Fsp3) is 0.320. The first-order valence-electron chi connectivity index (χ1n) is 10.7. The van der Waals surface area contributed by atoms with Gasteiger partial charge in [0.25, 0.3) is 0 Å². The predicted octanol–water partition coefficient (Wildman–Crippen LogP) is 4.83. The van der Waals surface area contributed by atoms with Gasteiger partial charge in [0.1, 0.15) is 6.04 Å². The van der Waals surface area contributed by atoms with Gasteiger partial charge in [-0.3, -0.25) is 19.5 Å². The highest BCUT2D eigenvalue weighted by atomic mass is 32.1. The van der Waals surface area contributed by atoms with Crippen LogP contribution in [0.15, 0.2) is 66.3 Å². The Labute approximate surface area is 187 Å². The lowest BCUT2D eigenvalue weighted by atomic mass is 10.0. The molecule has 1 N–H and O–H groups in total. The molecule has 1 atom stereocenters. The highest BCUT2D eigenvalue weighted by molar-refractivity contribution is 7.10. The highest BCUT2D eigenvalue weighted by Gasteiger charge is 2.34. The standard InChI is InChI=1S/C25H27N3O2S/c1-18-8-10-21(11-9-18)28(23(29)17-22-7-4-16-31-22)24(19-12-14-26-15-13-19)25(30)27-20-5-2-3-6-20/h4,7-16,20,24H,2-3,5-6,17H2,1H3,(H,27,30)/t24-/m0/s1. The Hall–Kier alpha value is -2.99. The van der Waals surface area contributed by atoms with E-state index < -0.39 is 6.04 Å². The molecule has 1 aliphatic rings. The molecule has 0 aliphatic heterocycles. The Kier molecular flexibility index (Phi) is 6.77. The molecule has 0 saturated heterocycles. The van der Waals surface area contributed by atoms with Crippen LogP contribution in [-0.2, 0) is 16.0 Å². The molecule has 4 rings (SSSR count). The number of thiophene rings is 1. The van der Waals surface area contributed by atoms with Gasteiger partial charge < -0.3 is 5.32 Å². The Morgan fingerprint density at radius 2 is 1.81 bits per heavy atom. The molecule has 5 nitrogen and oxygen atoms in total. The zero-order chi connectivity index (χ0) is 21.6. The van der Waals surface area contributed by atoms with Crippen molar-refractivity contribution in [2.45, 2.75) is 51.1 Å². The lowest BCUT2D eigenvalue weighted by Gasteiger charge is -2.32. The summed E-state index contributed by atoms with van der Waals surface area (Å²) in [5, 5.41) is 5.17. The van der Waals surface area contributed by atoms with Gasteiger partial charge >= 0.3 is 0 Å². The van der Waals surface area contributed by atoms with Crippen molar-refractivity contribution in [3.05, 3.63) is 82.3 Å². The first-order chi connectivity index (χ1) is 15.1. The van der Waals surface area contributed by atoms with Crippen molar-refractivity contribution in [1.82, 2.24) is 10.3 Å². The van der Waals surface area contributed by atoms with E-state index >= 15 is 0 Å². The van der Waals surface area contributed by atoms with Gasteiger partial charge in [0.15, 0.2) is 0 Å². The van der Waals surface area contributed by atoms with E-state index in [1.165, 1.54) is 0 Å². The Balaban J connectivity index is 1.73. The quantitative estimate of drug-likeness (QED) is 0.581. The number of aryl methyl sites for hydroxylation is 1. The Morgan fingerprint density at radius 3 is 2.45 bits per heavy atom. The third-order valence-corrected chi connectivity index (χ3v) is 6.59. The van der Waals surface area contributed by atoms with Crippen LogP contribution in [0.25, 0.3) is 0 Å². The molecule has 1 fully saturated rings. The van der Waals surface area contributed by atoms with Crippen LogP contribution < -0.4 is 10.2 Å². The largest absolute Gasteiger partial charge is 0.351 e. The van der Waals surface area contributed by atoms with Crippen LogP contribution in [0.4, 0.5) is 5.69 Å². The first-order valence-corrected chi connectivity index (χ1v) is 11.6. The monoisotopic (exact) mass is 433 g/mol. The van der Waals surface area contributed by atoms with E-state index in [0.29, 0.717) is 0 Å². The minimum absolute atomic E-state index is 0.102. The average molecular weight is 434 g/mol. The first kappa shape index (κ1) is 21.2. The summed E-state index contributed by atoms with van der Waals surface area (Å²) >= 11 is 1.55. The summed E-state index contributed by atoms with van der Waals surface area (Å²) in [5.41, 5.74) is 2.58. The van der Waals surface area contributed by atoms with Crippen LogP contribution in [0, 0.1) is 6.92 Å². The van der Waals surface area contributed by atoms with E-state index in [4.69, 9.17) is 0 Å². The van der Waals surface area contributed by atoms with Crippen molar-refractivity contribution < 1.29 is 9.59 Å². The SMILES string of the molecule is Cc1ccc(N(C(=O)Cc2cccs2)[C@H](C(=O)NC2CCCC2)c2ccncc2)cc1. The topological polar surface area (TPSA) is 62.3 Å². The van der Waals surface area contributed by atoms with Crippen molar-refractivity contribution in [1.29, 1.82) is 0 Å². The van der Waals surface area contributed by atoms with Gasteiger partial charge in [-0.25, -0.2) is 0 Å². The summed E-state index contributed by atoms with van der Waals surface area (Å²) in [6, 6.07) is 14.7. The second-order valence-electron chi connectivity index (χ2n) is 8.03. The third kappa shape index (κ3) is 5.20. The van der Waals surface area contributed by atoms with Gasteiger partial charge in [-0.05, 0) is 61.0 Å². The highest BCUT2D eigenvalue weighted by Crippen LogP contribution is 2.30. The number of rotatable bonds is 7. The van der Waals surface area contributed by atoms with Crippen LogP contribution in [-0.4, -0.2) is 22.8 Å². The maximum Gasteiger partial charge on any atom is 0.248 e. The number of aromatic nitrogens is 1. The van der Waals surface area contributed by atoms with Gasteiger partial charge in [0.05, 0.1) is 6.42 Å². The number of carbonyl (C=O) groups excluding carboxylic acids is 2. The second-order valence-corrected chi connectivity index (χ2v) is 9.06. The number of amides is 2. The van der Waals surface area contributed by atoms with Gasteiger partial charge in [-0.1, -0.05) is 36.6 Å². The number of nitrogens with zero attached hydrogens (tertiary/aromatic N) is 2. The minimum atomic E-state index is -0.751. The smallest absolute Gasteiger partial charge is 0.248 e. The zero-order valence-electron chi connectivity index (χ0n) is 17.7. The zero-order valence-corrected chi connectivity index (χ0v) is 18.5. The lowest BCUT2D eigenvalue weighted by Crippen LogP contribution is -2.46. The molecule has 2 aromatic heterocycles. The Morgan fingerprint density at radius 1 is 1.10 bits per heavy atom. The van der Waals surface area contributed by atoms with Gasteiger partial charge in [0.2, 0.25) is 11.8 Å². The molecule has 3 aromatic rings. The Bertz CT molecular complexity index is 997. The minimum Gasteiger partial charge on any atom is -0.351 e. The molecule has 2 amide bonds. The fourth-order valence-corrected chi connectivity index (χ4v) is 4.80. The molecule has 31 heavy (non-hydrogen) atoms. The molecule has 1 aliphatic carbocycles. The molecule has 0 bridgehead atoms. The van der Waals surface area contributed by atoms with Crippen molar-refractivity contribution in [2.75, 3.05) is 4.90 Å². The van der Waals surface area contributed by atoms with Crippen LogP contribution in [0.2, 0.25) is 0 Å². The van der Waals surface area contributed by atoms with E-state index in [1.54, 1.807) is 28.6 Å². The fourth-order valence-electron chi connectivity index (χ4n) is 4.10. The van der Waals surface area contributed by atoms with E-state index in [9.17, 15) is 9.59 Å². The molecule has 6 heteroatoms. The van der Waals surface area contributed by atoms with Crippen LogP contribution in [0.3, 0.4) is 0 Å². The van der Waals surface area contributed by atoms with Crippen molar-refractivity contribution in [3.8, 4) is 0 Å². The molecule has 0 spiro atoms. The number of carbonyl (C=O) groups is 2. The van der Waals surface area contributed by atoms with Crippen molar-refractivity contribution in [3.63, 3.8) is 0 Å². The van der Waals surface area contributed by atoms with E-state index in [-0.39, 0.29) is 24.3 Å². The number of hydrogen-bond donors (Lipinski definition) is 1. The summed E-state index contributed by atoms with van der Waals surface area (Å²) in [6.07, 6.45) is 7.83. The molecule has 0 unspecified atom stereocenters. The number of benzene rings is 1. The summed E-state index contributed by atoms with van der Waals surface area (Å²) in [5.74, 6) is -0.243. The predicted molar refractivity (Wildman–Crippen MR) is 124 cm³/mol. The normalized spacial score (nSPS) is 14.9. The van der Waals surface area contributed by atoms with Gasteiger partial charge in [-0.15, -0.1) is 11.3 Å². The maximum absolute atomic E-state index is 13.6. The number of pyridine rings is 1. The summed E-state index contributed by atoms with van der Waals surface area (Å²) in [6.45, 7) is 2.01.